The second-order valence-corrected chi connectivity index (χ2v) is 6.38. The fourth-order valence-corrected chi connectivity index (χ4v) is 2.68. The average molecular weight is 396 g/mol. The summed E-state index contributed by atoms with van der Waals surface area (Å²) in [6.45, 7) is 0.426. The molecule has 4 nitrogen and oxygen atoms in total. The van der Waals surface area contributed by atoms with Gasteiger partial charge in [-0.25, -0.2) is 0 Å². The second kappa shape index (κ2) is 7.62. The van der Waals surface area contributed by atoms with Crippen molar-refractivity contribution in [2.75, 3.05) is 14.1 Å². The summed E-state index contributed by atoms with van der Waals surface area (Å²) in [6.07, 6.45) is 0. The van der Waals surface area contributed by atoms with Crippen molar-refractivity contribution < 1.29 is 9.59 Å². The molecule has 2 aromatic carbocycles. The largest absolute Gasteiger partial charge is 0.355 e. The molecule has 2 amide bonds. The lowest BCUT2D eigenvalue weighted by atomic mass is 10.1. The van der Waals surface area contributed by atoms with Gasteiger partial charge in [-0.2, -0.15) is 0 Å². The van der Waals surface area contributed by atoms with Gasteiger partial charge in [-0.15, -0.1) is 0 Å². The molecule has 0 aliphatic carbocycles. The van der Waals surface area contributed by atoms with Crippen LogP contribution < -0.4 is 5.32 Å². The maximum Gasteiger partial charge on any atom is 0.255 e. The predicted octanol–water partition coefficient (Wildman–Crippen LogP) is 3.73. The summed E-state index contributed by atoms with van der Waals surface area (Å²) in [4.78, 5) is 25.6. The van der Waals surface area contributed by atoms with Gasteiger partial charge in [-0.3, -0.25) is 9.59 Å². The number of nitrogens with one attached hydrogen (secondary N) is 1. The van der Waals surface area contributed by atoms with Crippen molar-refractivity contribution in [1.82, 2.24) is 10.2 Å². The summed E-state index contributed by atoms with van der Waals surface area (Å²) in [5.74, 6) is -0.298. The van der Waals surface area contributed by atoms with Gasteiger partial charge in [0.15, 0.2) is 0 Å². The van der Waals surface area contributed by atoms with E-state index in [2.05, 4.69) is 21.2 Å². The second-order valence-electron chi connectivity index (χ2n) is 5.06. The summed E-state index contributed by atoms with van der Waals surface area (Å²) >= 11 is 9.44. The Morgan fingerprint density at radius 1 is 1.17 bits per heavy atom. The van der Waals surface area contributed by atoms with Crippen molar-refractivity contribution in [3.63, 3.8) is 0 Å². The zero-order chi connectivity index (χ0) is 17.0. The number of rotatable bonds is 4. The number of carbonyl (C=O) groups is 2. The van der Waals surface area contributed by atoms with Crippen LogP contribution in [0.5, 0.6) is 0 Å². The van der Waals surface area contributed by atoms with Crippen LogP contribution >= 0.6 is 27.5 Å². The molecule has 0 saturated heterocycles. The molecule has 0 fully saturated rings. The third-order valence-corrected chi connectivity index (χ3v) is 4.19. The molecule has 0 atom stereocenters. The van der Waals surface area contributed by atoms with Crippen LogP contribution in [0.2, 0.25) is 5.02 Å². The van der Waals surface area contributed by atoms with E-state index in [0.717, 1.165) is 10.0 Å². The highest BCUT2D eigenvalue weighted by molar-refractivity contribution is 9.10. The quantitative estimate of drug-likeness (QED) is 0.857. The molecule has 0 unspecified atom stereocenters. The lowest BCUT2D eigenvalue weighted by molar-refractivity contribution is 0.0784. The van der Waals surface area contributed by atoms with E-state index in [1.54, 1.807) is 49.3 Å². The number of hydrogen-bond acceptors (Lipinski definition) is 2. The molecule has 0 aromatic heterocycles. The molecule has 0 aliphatic rings. The van der Waals surface area contributed by atoms with E-state index in [0.29, 0.717) is 22.7 Å². The van der Waals surface area contributed by atoms with Crippen LogP contribution in [0, 0.1) is 0 Å². The minimum atomic E-state index is -0.160. The fourth-order valence-electron chi connectivity index (χ4n) is 2.12. The average Bonchev–Trinajstić information content (AvgIpc) is 2.56. The van der Waals surface area contributed by atoms with E-state index < -0.39 is 0 Å². The van der Waals surface area contributed by atoms with Gasteiger partial charge in [-0.05, 0) is 35.9 Å². The standard InChI is InChI=1S/C17H16BrClN2O2/c1-20-16(22)12-5-3-11(4-6-12)10-21(2)17(23)14-9-13(18)7-8-15(14)19/h3-9H,10H2,1-2H3,(H,20,22). The van der Waals surface area contributed by atoms with Gasteiger partial charge in [-0.1, -0.05) is 39.7 Å². The van der Waals surface area contributed by atoms with Crippen molar-refractivity contribution in [3.05, 3.63) is 68.7 Å². The molecule has 0 spiro atoms. The molecule has 2 rings (SSSR count). The molecule has 0 saturated carbocycles. The Hall–Kier alpha value is -1.85. The van der Waals surface area contributed by atoms with E-state index in [9.17, 15) is 9.59 Å². The van der Waals surface area contributed by atoms with Gasteiger partial charge >= 0.3 is 0 Å². The first-order valence-electron chi connectivity index (χ1n) is 6.94. The third-order valence-electron chi connectivity index (χ3n) is 3.37. The van der Waals surface area contributed by atoms with Crippen molar-refractivity contribution in [2.24, 2.45) is 0 Å². The SMILES string of the molecule is CNC(=O)c1ccc(CN(C)C(=O)c2cc(Br)ccc2Cl)cc1. The van der Waals surface area contributed by atoms with Crippen LogP contribution in [0.4, 0.5) is 0 Å². The van der Waals surface area contributed by atoms with Gasteiger partial charge in [0.1, 0.15) is 0 Å². The number of nitrogens with zero attached hydrogens (tertiary/aromatic N) is 1. The van der Waals surface area contributed by atoms with E-state index in [1.807, 2.05) is 12.1 Å². The number of carbonyl (C=O) groups excluding carboxylic acids is 2. The van der Waals surface area contributed by atoms with E-state index in [1.165, 1.54) is 0 Å². The number of halogens is 2. The van der Waals surface area contributed by atoms with Gasteiger partial charge in [0.05, 0.1) is 10.6 Å². The molecule has 0 aliphatic heterocycles. The first-order valence-corrected chi connectivity index (χ1v) is 8.11. The molecule has 0 heterocycles. The Balaban J connectivity index is 2.12. The minimum Gasteiger partial charge on any atom is -0.355 e. The molecule has 0 bridgehead atoms. The minimum absolute atomic E-state index is 0.137. The Kier molecular flexibility index (Phi) is 5.80. The highest BCUT2D eigenvalue weighted by atomic mass is 79.9. The summed E-state index contributed by atoms with van der Waals surface area (Å²) in [7, 11) is 3.30. The van der Waals surface area contributed by atoms with Gasteiger partial charge in [0.25, 0.3) is 11.8 Å². The number of hydrogen-bond donors (Lipinski definition) is 1. The molecule has 1 N–H and O–H groups in total. The van der Waals surface area contributed by atoms with Gasteiger partial charge in [0, 0.05) is 30.7 Å². The molecule has 0 radical (unpaired) electrons. The molecule has 6 heteroatoms. The molecule has 23 heavy (non-hydrogen) atoms. The van der Waals surface area contributed by atoms with Crippen LogP contribution in [0.15, 0.2) is 46.9 Å². The van der Waals surface area contributed by atoms with E-state index in [4.69, 9.17) is 11.6 Å². The van der Waals surface area contributed by atoms with E-state index >= 15 is 0 Å². The summed E-state index contributed by atoms with van der Waals surface area (Å²) < 4.78 is 0.800. The Morgan fingerprint density at radius 3 is 2.43 bits per heavy atom. The van der Waals surface area contributed by atoms with Crippen molar-refractivity contribution >= 4 is 39.3 Å². The molecule has 120 valence electrons. The van der Waals surface area contributed by atoms with Crippen LogP contribution in [0.25, 0.3) is 0 Å². The Labute approximate surface area is 148 Å². The fraction of sp³-hybridized carbons (Fsp3) is 0.176. The molecular formula is C17H16BrClN2O2. The first kappa shape index (κ1) is 17.5. The van der Waals surface area contributed by atoms with Crippen LogP contribution in [0.3, 0.4) is 0 Å². The lowest BCUT2D eigenvalue weighted by Gasteiger charge is -2.18. The highest BCUT2D eigenvalue weighted by Crippen LogP contribution is 2.22. The van der Waals surface area contributed by atoms with Crippen LogP contribution in [0.1, 0.15) is 26.3 Å². The summed E-state index contributed by atoms with van der Waals surface area (Å²) in [5, 5.41) is 2.99. The smallest absolute Gasteiger partial charge is 0.255 e. The van der Waals surface area contributed by atoms with Crippen molar-refractivity contribution in [1.29, 1.82) is 0 Å². The molecule has 2 aromatic rings. The Bertz CT molecular complexity index is 732. The maximum absolute atomic E-state index is 12.5. The van der Waals surface area contributed by atoms with Crippen LogP contribution in [-0.4, -0.2) is 30.8 Å². The van der Waals surface area contributed by atoms with Crippen molar-refractivity contribution in [3.8, 4) is 0 Å². The maximum atomic E-state index is 12.5. The summed E-state index contributed by atoms with van der Waals surface area (Å²) in [5.41, 5.74) is 1.96. The zero-order valence-electron chi connectivity index (χ0n) is 12.8. The monoisotopic (exact) mass is 394 g/mol. The Morgan fingerprint density at radius 2 is 1.83 bits per heavy atom. The molecular weight excluding hydrogens is 380 g/mol. The van der Waals surface area contributed by atoms with Gasteiger partial charge < -0.3 is 10.2 Å². The van der Waals surface area contributed by atoms with E-state index in [-0.39, 0.29) is 11.8 Å². The van der Waals surface area contributed by atoms with Crippen molar-refractivity contribution in [2.45, 2.75) is 6.54 Å². The number of benzene rings is 2. The highest BCUT2D eigenvalue weighted by Gasteiger charge is 2.16. The normalized spacial score (nSPS) is 10.3. The van der Waals surface area contributed by atoms with Gasteiger partial charge in [0.2, 0.25) is 0 Å². The van der Waals surface area contributed by atoms with Crippen LogP contribution in [-0.2, 0) is 6.54 Å². The predicted molar refractivity (Wildman–Crippen MR) is 94.8 cm³/mol. The third kappa shape index (κ3) is 4.33. The number of amides is 2. The zero-order valence-corrected chi connectivity index (χ0v) is 15.1. The topological polar surface area (TPSA) is 49.4 Å². The summed E-state index contributed by atoms with van der Waals surface area (Å²) in [6, 6.07) is 12.3. The lowest BCUT2D eigenvalue weighted by Crippen LogP contribution is -2.26. The first-order chi connectivity index (χ1) is 10.9.